The van der Waals surface area contributed by atoms with Crippen LogP contribution >= 0.6 is 0 Å². The van der Waals surface area contributed by atoms with Crippen LogP contribution < -0.4 is 14.3 Å². The Kier molecular flexibility index (Phi) is 8.98. The predicted molar refractivity (Wildman–Crippen MR) is 134 cm³/mol. The van der Waals surface area contributed by atoms with E-state index >= 15 is 0 Å². The second kappa shape index (κ2) is 11.7. The summed E-state index contributed by atoms with van der Waals surface area (Å²) in [6.07, 6.45) is 0. The van der Waals surface area contributed by atoms with Crippen molar-refractivity contribution < 1.29 is 21.7 Å². The number of benzene rings is 3. The van der Waals surface area contributed by atoms with Gasteiger partial charge in [0.25, 0.3) is 0 Å². The number of quaternary nitrogens is 1. The monoisotopic (exact) mass is 502 g/mol. The van der Waals surface area contributed by atoms with Gasteiger partial charge in [0.1, 0.15) is 6.54 Å². The molecule has 0 saturated heterocycles. The van der Waals surface area contributed by atoms with Crippen molar-refractivity contribution in [1.29, 1.82) is 0 Å². The third-order valence-electron chi connectivity index (χ3n) is 5.50. The highest BCUT2D eigenvalue weighted by molar-refractivity contribution is 7.89. The van der Waals surface area contributed by atoms with E-state index in [0.29, 0.717) is 19.6 Å². The van der Waals surface area contributed by atoms with E-state index in [1.807, 2.05) is 44.2 Å². The summed E-state index contributed by atoms with van der Waals surface area (Å²) in [5.41, 5.74) is 3.08. The molecule has 182 valence electrons. The molecule has 3 rings (SSSR count). The summed E-state index contributed by atoms with van der Waals surface area (Å²) in [6.45, 7) is 5.95. The molecule has 9 heteroatoms. The summed E-state index contributed by atoms with van der Waals surface area (Å²) in [6, 6.07) is 23.3. The molecule has 3 aromatic rings. The van der Waals surface area contributed by atoms with Gasteiger partial charge in [0.15, 0.2) is 0 Å². The van der Waals surface area contributed by atoms with E-state index in [1.165, 1.54) is 0 Å². The van der Waals surface area contributed by atoms with Crippen molar-refractivity contribution in [2.24, 2.45) is 0 Å². The highest BCUT2D eigenvalue weighted by Crippen LogP contribution is 2.10. The van der Waals surface area contributed by atoms with Gasteiger partial charge in [0, 0.05) is 5.56 Å². The fraction of sp³-hybridized carbons (Fsp3) is 0.280. The second-order valence-electron chi connectivity index (χ2n) is 8.33. The topological polar surface area (TPSA) is 96.8 Å². The molecule has 0 radical (unpaired) electrons. The number of sulfonamides is 2. The lowest BCUT2D eigenvalue weighted by molar-refractivity contribution is -0.911. The molecule has 34 heavy (non-hydrogen) atoms. The number of hydrogen-bond acceptors (Lipinski definition) is 4. The highest BCUT2D eigenvalue weighted by atomic mass is 32.2. The lowest BCUT2D eigenvalue weighted by Gasteiger charge is -2.20. The zero-order valence-corrected chi connectivity index (χ0v) is 21.1. The molecule has 0 unspecified atom stereocenters. The molecule has 0 aliphatic heterocycles. The minimum absolute atomic E-state index is 0.230. The summed E-state index contributed by atoms with van der Waals surface area (Å²) in [7, 11) is -7.21. The summed E-state index contributed by atoms with van der Waals surface area (Å²) in [5, 5.41) is 0. The molecule has 0 atom stereocenters. The maximum absolute atomic E-state index is 12.6. The van der Waals surface area contributed by atoms with Crippen LogP contribution in [-0.4, -0.2) is 43.0 Å². The summed E-state index contributed by atoms with van der Waals surface area (Å²) >= 11 is 0. The maximum Gasteiger partial charge on any atom is 0.240 e. The molecular weight excluding hydrogens is 470 g/mol. The molecule has 3 N–H and O–H groups in total. The van der Waals surface area contributed by atoms with Gasteiger partial charge in [-0.25, -0.2) is 26.3 Å². The summed E-state index contributed by atoms with van der Waals surface area (Å²) in [5.74, 6) is 0. The van der Waals surface area contributed by atoms with Gasteiger partial charge in [-0.2, -0.15) is 0 Å². The third-order valence-corrected chi connectivity index (χ3v) is 8.45. The zero-order chi connectivity index (χ0) is 24.6. The van der Waals surface area contributed by atoms with Crippen molar-refractivity contribution in [2.75, 3.05) is 26.2 Å². The lowest BCUT2D eigenvalue weighted by atomic mass is 10.2. The van der Waals surface area contributed by atoms with Crippen LogP contribution in [0.15, 0.2) is 88.7 Å². The van der Waals surface area contributed by atoms with Gasteiger partial charge in [0.05, 0.1) is 36.0 Å². The van der Waals surface area contributed by atoms with Gasteiger partial charge >= 0.3 is 0 Å². The molecule has 0 spiro atoms. The van der Waals surface area contributed by atoms with Crippen LogP contribution in [0.5, 0.6) is 0 Å². The molecule has 0 heterocycles. The highest BCUT2D eigenvalue weighted by Gasteiger charge is 2.18. The molecular formula is C25H32N3O4S2+. The van der Waals surface area contributed by atoms with Crippen molar-refractivity contribution in [1.82, 2.24) is 9.44 Å². The average molecular weight is 503 g/mol. The normalized spacial score (nSPS) is 12.2. The van der Waals surface area contributed by atoms with Crippen molar-refractivity contribution in [3.63, 3.8) is 0 Å². The van der Waals surface area contributed by atoms with Crippen LogP contribution in [0.4, 0.5) is 0 Å². The Morgan fingerprint density at radius 1 is 0.618 bits per heavy atom. The largest absolute Gasteiger partial charge is 0.329 e. The molecule has 3 aromatic carbocycles. The number of hydrogen-bond donors (Lipinski definition) is 3. The van der Waals surface area contributed by atoms with Crippen LogP contribution in [0.2, 0.25) is 0 Å². The third kappa shape index (κ3) is 7.75. The quantitative estimate of drug-likeness (QED) is 0.351. The fourth-order valence-corrected chi connectivity index (χ4v) is 5.58. The Balaban J connectivity index is 1.60. The van der Waals surface area contributed by atoms with Crippen molar-refractivity contribution in [3.05, 3.63) is 95.6 Å². The van der Waals surface area contributed by atoms with Crippen LogP contribution in [-0.2, 0) is 26.6 Å². The molecule has 7 nitrogen and oxygen atoms in total. The smallest absolute Gasteiger partial charge is 0.240 e. The number of aryl methyl sites for hydroxylation is 2. The van der Waals surface area contributed by atoms with Crippen molar-refractivity contribution >= 4 is 20.0 Å². The van der Waals surface area contributed by atoms with Crippen LogP contribution in [0, 0.1) is 13.8 Å². The molecule has 0 saturated carbocycles. The van der Waals surface area contributed by atoms with E-state index in [4.69, 9.17) is 0 Å². The molecule has 0 aromatic heterocycles. The Labute approximate surface area is 202 Å². The van der Waals surface area contributed by atoms with Gasteiger partial charge in [-0.1, -0.05) is 65.7 Å². The Hall–Kier alpha value is -2.56. The van der Waals surface area contributed by atoms with Crippen LogP contribution in [0.3, 0.4) is 0 Å². The van der Waals surface area contributed by atoms with E-state index in [2.05, 4.69) is 9.44 Å². The number of rotatable bonds is 12. The van der Waals surface area contributed by atoms with Crippen LogP contribution in [0.25, 0.3) is 0 Å². The summed E-state index contributed by atoms with van der Waals surface area (Å²) < 4.78 is 55.7. The maximum atomic E-state index is 12.6. The van der Waals surface area contributed by atoms with E-state index in [1.54, 1.807) is 48.5 Å². The van der Waals surface area contributed by atoms with Gasteiger partial charge < -0.3 is 4.90 Å². The van der Waals surface area contributed by atoms with E-state index in [9.17, 15) is 16.8 Å². The second-order valence-corrected chi connectivity index (χ2v) is 11.9. The minimum atomic E-state index is -3.60. The fourth-order valence-electron chi connectivity index (χ4n) is 3.51. The van der Waals surface area contributed by atoms with Gasteiger partial charge in [-0.3, -0.25) is 0 Å². The molecule has 0 aliphatic rings. The van der Waals surface area contributed by atoms with E-state index in [-0.39, 0.29) is 22.9 Å². The van der Waals surface area contributed by atoms with Gasteiger partial charge in [0.2, 0.25) is 20.0 Å². The van der Waals surface area contributed by atoms with Gasteiger partial charge in [-0.15, -0.1) is 0 Å². The Bertz CT molecular complexity index is 1180. The predicted octanol–water partition coefficient (Wildman–Crippen LogP) is 1.65. The van der Waals surface area contributed by atoms with E-state index in [0.717, 1.165) is 21.6 Å². The summed E-state index contributed by atoms with van der Waals surface area (Å²) in [4.78, 5) is 1.52. The first-order chi connectivity index (χ1) is 16.2. The first-order valence-electron chi connectivity index (χ1n) is 11.2. The SMILES string of the molecule is Cc1ccc(S(=O)(=O)NCC[NH+](CCNS(=O)(=O)c2ccc(C)cc2)Cc2ccccc2)cc1. The standard InChI is InChI=1S/C25H31N3O4S2/c1-21-8-12-24(13-9-21)33(29,30)26-16-18-28(20-23-6-4-3-5-7-23)19-17-27-34(31,32)25-14-10-22(2)11-15-25/h3-15,26-27H,16-20H2,1-2H3/p+1. The molecule has 0 fully saturated rings. The molecule has 0 amide bonds. The zero-order valence-electron chi connectivity index (χ0n) is 19.5. The first-order valence-corrected chi connectivity index (χ1v) is 14.1. The Morgan fingerprint density at radius 3 is 1.44 bits per heavy atom. The van der Waals surface area contributed by atoms with Gasteiger partial charge in [-0.05, 0) is 38.1 Å². The van der Waals surface area contributed by atoms with E-state index < -0.39 is 20.0 Å². The lowest BCUT2D eigenvalue weighted by Crippen LogP contribution is -3.12. The average Bonchev–Trinajstić information content (AvgIpc) is 2.80. The minimum Gasteiger partial charge on any atom is -0.329 e. The Morgan fingerprint density at radius 2 is 1.03 bits per heavy atom. The molecule has 0 aliphatic carbocycles. The first kappa shape index (κ1) is 26.1. The van der Waals surface area contributed by atoms with Crippen molar-refractivity contribution in [2.45, 2.75) is 30.2 Å². The van der Waals surface area contributed by atoms with Crippen molar-refractivity contribution in [3.8, 4) is 0 Å². The number of nitrogens with one attached hydrogen (secondary N) is 3. The molecule has 0 bridgehead atoms. The van der Waals surface area contributed by atoms with Crippen LogP contribution in [0.1, 0.15) is 16.7 Å².